The number of carbonyl (C=O) groups is 3. The fraction of sp³-hybridized carbons (Fsp3) is 0.500. The first-order chi connectivity index (χ1) is 14.7. The van der Waals surface area contributed by atoms with E-state index in [-0.39, 0.29) is 12.4 Å². The summed E-state index contributed by atoms with van der Waals surface area (Å²) in [5.41, 5.74) is -0.185. The summed E-state index contributed by atoms with van der Waals surface area (Å²) in [7, 11) is 0. The third-order valence-corrected chi connectivity index (χ3v) is 4.36. The molecular weight excluding hydrogens is 414 g/mol. The van der Waals surface area contributed by atoms with Gasteiger partial charge in [-0.25, -0.2) is 14.5 Å². The van der Waals surface area contributed by atoms with Crippen LogP contribution in [0.3, 0.4) is 0 Å². The highest BCUT2D eigenvalue weighted by molar-refractivity contribution is 5.68. The average Bonchev–Trinajstić information content (AvgIpc) is 3.30. The van der Waals surface area contributed by atoms with Crippen LogP contribution in [0.15, 0.2) is 23.6 Å². The highest BCUT2D eigenvalue weighted by atomic mass is 16.7. The molecule has 0 amide bonds. The molecule has 0 saturated carbocycles. The van der Waals surface area contributed by atoms with Crippen LogP contribution in [-0.2, 0) is 33.3 Å². The fourth-order valence-corrected chi connectivity index (χ4v) is 3.21. The average molecular weight is 435 g/mol. The van der Waals surface area contributed by atoms with Crippen molar-refractivity contribution in [3.8, 4) is 5.82 Å². The van der Waals surface area contributed by atoms with Crippen LogP contribution in [0.25, 0.3) is 5.82 Å². The van der Waals surface area contributed by atoms with Gasteiger partial charge in [0.15, 0.2) is 24.3 Å². The van der Waals surface area contributed by atoms with Gasteiger partial charge in [-0.15, -0.1) is 0 Å². The molecule has 13 nitrogen and oxygen atoms in total. The Morgan fingerprint density at radius 2 is 1.77 bits per heavy atom. The van der Waals surface area contributed by atoms with E-state index in [1.807, 2.05) is 0 Å². The molecule has 0 aromatic carbocycles. The fourth-order valence-electron chi connectivity index (χ4n) is 3.21. The van der Waals surface area contributed by atoms with Crippen LogP contribution in [0.1, 0.15) is 32.6 Å². The van der Waals surface area contributed by atoms with E-state index in [2.05, 4.69) is 15.1 Å². The Labute approximate surface area is 175 Å². The van der Waals surface area contributed by atoms with Gasteiger partial charge in [-0.05, 0) is 6.92 Å². The molecule has 3 rings (SSSR count). The van der Waals surface area contributed by atoms with Gasteiger partial charge in [0.25, 0.3) is 0 Å². The van der Waals surface area contributed by atoms with Crippen molar-refractivity contribution in [1.82, 2.24) is 24.3 Å². The van der Waals surface area contributed by atoms with E-state index in [1.165, 1.54) is 44.3 Å². The maximum absolute atomic E-state index is 12.8. The lowest BCUT2D eigenvalue weighted by Crippen LogP contribution is -2.42. The van der Waals surface area contributed by atoms with Gasteiger partial charge in [0, 0.05) is 32.5 Å². The Morgan fingerprint density at radius 1 is 1.10 bits per heavy atom. The molecule has 166 valence electrons. The lowest BCUT2D eigenvalue weighted by molar-refractivity contribution is -0.166. The molecule has 4 atom stereocenters. The lowest BCUT2D eigenvalue weighted by Gasteiger charge is -2.24. The van der Waals surface area contributed by atoms with Crippen molar-refractivity contribution in [2.24, 2.45) is 0 Å². The molecule has 0 radical (unpaired) electrons. The summed E-state index contributed by atoms with van der Waals surface area (Å²) in [5.74, 6) is -1.67. The van der Waals surface area contributed by atoms with Gasteiger partial charge in [0.05, 0.1) is 0 Å². The molecule has 31 heavy (non-hydrogen) atoms. The van der Waals surface area contributed by atoms with Crippen LogP contribution >= 0.6 is 0 Å². The molecule has 0 spiro atoms. The molecule has 0 N–H and O–H groups in total. The Kier molecular flexibility index (Phi) is 6.44. The number of aromatic nitrogens is 5. The second kappa shape index (κ2) is 9.04. The quantitative estimate of drug-likeness (QED) is 0.424. The number of ether oxygens (including phenoxy) is 4. The summed E-state index contributed by atoms with van der Waals surface area (Å²) < 4.78 is 23.9. The molecule has 0 aliphatic carbocycles. The van der Waals surface area contributed by atoms with E-state index >= 15 is 0 Å². The Balaban J connectivity index is 2.01. The van der Waals surface area contributed by atoms with Crippen LogP contribution in [0.2, 0.25) is 0 Å². The molecule has 2 aromatic heterocycles. The van der Waals surface area contributed by atoms with Crippen LogP contribution in [0.5, 0.6) is 0 Å². The van der Waals surface area contributed by atoms with Gasteiger partial charge in [0.1, 0.15) is 25.4 Å². The second-order valence-electron chi connectivity index (χ2n) is 6.79. The predicted molar refractivity (Wildman–Crippen MR) is 99.8 cm³/mol. The van der Waals surface area contributed by atoms with Gasteiger partial charge in [0.2, 0.25) is 0 Å². The van der Waals surface area contributed by atoms with E-state index in [0.717, 1.165) is 4.57 Å². The standard InChI is InChI=1S/C18H21N5O8/c1-9-5-22(18(27)21-16(9)23-8-19-7-20-23)17-15(30-12(4)26)14(29-11(3)25)13(31-17)6-28-10(2)24/h5,7-8,13-15,17H,6H2,1-4H3/t13-,14?,15?,17-/m1/s1. The van der Waals surface area contributed by atoms with Crippen molar-refractivity contribution in [2.75, 3.05) is 6.61 Å². The Hall–Kier alpha value is -3.61. The van der Waals surface area contributed by atoms with Gasteiger partial charge >= 0.3 is 23.6 Å². The third kappa shape index (κ3) is 4.94. The summed E-state index contributed by atoms with van der Waals surface area (Å²) in [6.45, 7) is 4.96. The monoisotopic (exact) mass is 435 g/mol. The first-order valence-corrected chi connectivity index (χ1v) is 9.25. The number of hydrogen-bond donors (Lipinski definition) is 0. The number of aryl methyl sites for hydroxylation is 1. The minimum Gasteiger partial charge on any atom is -0.463 e. The molecular formula is C18H21N5O8. The number of nitrogens with zero attached hydrogens (tertiary/aromatic N) is 5. The normalized spacial score (nSPS) is 22.7. The molecule has 2 unspecified atom stereocenters. The minimum atomic E-state index is -1.18. The first-order valence-electron chi connectivity index (χ1n) is 9.25. The molecule has 1 aliphatic rings. The predicted octanol–water partition coefficient (Wildman–Crippen LogP) is -0.544. The van der Waals surface area contributed by atoms with Crippen molar-refractivity contribution in [3.63, 3.8) is 0 Å². The van der Waals surface area contributed by atoms with Crippen LogP contribution in [-0.4, -0.2) is 67.1 Å². The molecule has 13 heteroatoms. The van der Waals surface area contributed by atoms with Crippen LogP contribution in [0, 0.1) is 6.92 Å². The Morgan fingerprint density at radius 3 is 2.35 bits per heavy atom. The lowest BCUT2D eigenvalue weighted by atomic mass is 10.1. The Bertz CT molecular complexity index is 1030. The summed E-state index contributed by atoms with van der Waals surface area (Å²) in [4.78, 5) is 55.2. The number of carbonyl (C=O) groups excluding carboxylic acids is 3. The van der Waals surface area contributed by atoms with Gasteiger partial charge in [-0.1, -0.05) is 0 Å². The van der Waals surface area contributed by atoms with E-state index in [9.17, 15) is 19.2 Å². The molecule has 3 heterocycles. The third-order valence-electron chi connectivity index (χ3n) is 4.36. The molecule has 2 aromatic rings. The summed E-state index contributed by atoms with van der Waals surface area (Å²) in [5, 5.41) is 3.96. The van der Waals surface area contributed by atoms with Crippen molar-refractivity contribution >= 4 is 17.9 Å². The molecule has 1 aliphatic heterocycles. The van der Waals surface area contributed by atoms with E-state index in [1.54, 1.807) is 6.92 Å². The van der Waals surface area contributed by atoms with Crippen LogP contribution < -0.4 is 5.69 Å². The smallest absolute Gasteiger partial charge is 0.351 e. The zero-order chi connectivity index (χ0) is 22.7. The number of hydrogen-bond acceptors (Lipinski definition) is 11. The maximum atomic E-state index is 12.8. The zero-order valence-electron chi connectivity index (χ0n) is 17.3. The number of esters is 3. The molecule has 1 fully saturated rings. The van der Waals surface area contributed by atoms with E-state index < -0.39 is 48.1 Å². The van der Waals surface area contributed by atoms with Crippen molar-refractivity contribution < 1.29 is 33.3 Å². The van der Waals surface area contributed by atoms with Gasteiger partial charge in [-0.3, -0.25) is 19.0 Å². The van der Waals surface area contributed by atoms with Gasteiger partial charge in [-0.2, -0.15) is 10.1 Å². The summed E-state index contributed by atoms with van der Waals surface area (Å²) in [6.07, 6.45) is -0.328. The maximum Gasteiger partial charge on any atom is 0.351 e. The van der Waals surface area contributed by atoms with E-state index in [4.69, 9.17) is 18.9 Å². The topological polar surface area (TPSA) is 154 Å². The highest BCUT2D eigenvalue weighted by Gasteiger charge is 2.51. The SMILES string of the molecule is CC(=O)OC[C@H]1O[C@@H](n2cc(C)c(-n3cncn3)nc2=O)C(OC(C)=O)C1OC(C)=O. The highest BCUT2D eigenvalue weighted by Crippen LogP contribution is 2.34. The second-order valence-corrected chi connectivity index (χ2v) is 6.79. The van der Waals surface area contributed by atoms with Crippen LogP contribution in [0.4, 0.5) is 0 Å². The first kappa shape index (κ1) is 22.1. The number of rotatable bonds is 6. The largest absolute Gasteiger partial charge is 0.463 e. The van der Waals surface area contributed by atoms with Crippen molar-refractivity contribution in [1.29, 1.82) is 0 Å². The zero-order valence-corrected chi connectivity index (χ0v) is 17.3. The van der Waals surface area contributed by atoms with E-state index in [0.29, 0.717) is 5.56 Å². The summed E-state index contributed by atoms with van der Waals surface area (Å²) in [6, 6.07) is 0. The van der Waals surface area contributed by atoms with Crippen molar-refractivity contribution in [2.45, 2.75) is 52.2 Å². The summed E-state index contributed by atoms with van der Waals surface area (Å²) >= 11 is 0. The molecule has 0 bridgehead atoms. The van der Waals surface area contributed by atoms with Crippen molar-refractivity contribution in [3.05, 3.63) is 34.9 Å². The molecule has 1 saturated heterocycles. The van der Waals surface area contributed by atoms with Gasteiger partial charge < -0.3 is 18.9 Å². The minimum absolute atomic E-state index is 0.258.